The molecule has 2 heterocycles. The largest absolute Gasteiger partial charge is 0.345 e. The predicted octanol–water partition coefficient (Wildman–Crippen LogP) is 2.44. The number of anilines is 1. The molecule has 0 atom stereocenters. The molecule has 1 aromatic heterocycles. The van der Waals surface area contributed by atoms with E-state index in [2.05, 4.69) is 21.2 Å². The SMILES string of the molecule is CCc1nsc(N2CCCN(C(=O)CC3(CN)CCCCC3)CC2)n1. The lowest BCUT2D eigenvalue weighted by molar-refractivity contribution is -0.134. The van der Waals surface area contributed by atoms with Crippen molar-refractivity contribution in [3.63, 3.8) is 0 Å². The summed E-state index contributed by atoms with van der Waals surface area (Å²) in [5.41, 5.74) is 6.12. The summed E-state index contributed by atoms with van der Waals surface area (Å²) in [5, 5.41) is 0.997. The normalized spacial score (nSPS) is 21.2. The standard InChI is InChI=1S/C18H31N5OS/c1-2-15-20-17(25-21-15)23-10-6-9-22(11-12-23)16(24)13-18(14-19)7-4-3-5-8-18/h2-14,19H2,1H3. The van der Waals surface area contributed by atoms with Crippen molar-refractivity contribution in [2.75, 3.05) is 37.6 Å². The van der Waals surface area contributed by atoms with Crippen LogP contribution in [0, 0.1) is 5.41 Å². The van der Waals surface area contributed by atoms with E-state index in [1.165, 1.54) is 30.8 Å². The molecular weight excluding hydrogens is 334 g/mol. The van der Waals surface area contributed by atoms with Gasteiger partial charge in [0.25, 0.3) is 0 Å². The second kappa shape index (κ2) is 8.45. The van der Waals surface area contributed by atoms with Crippen LogP contribution in [0.15, 0.2) is 0 Å². The first-order chi connectivity index (χ1) is 12.2. The number of amides is 1. The van der Waals surface area contributed by atoms with Gasteiger partial charge in [0.2, 0.25) is 11.0 Å². The lowest BCUT2D eigenvalue weighted by Crippen LogP contribution is -2.42. The Hall–Kier alpha value is -1.21. The van der Waals surface area contributed by atoms with Gasteiger partial charge in [0.1, 0.15) is 5.82 Å². The number of nitrogens with zero attached hydrogens (tertiary/aromatic N) is 4. The Kier molecular flexibility index (Phi) is 6.28. The van der Waals surface area contributed by atoms with E-state index in [4.69, 9.17) is 5.73 Å². The number of carbonyl (C=O) groups excluding carboxylic acids is 1. The molecule has 1 aliphatic carbocycles. The Balaban J connectivity index is 1.57. The first kappa shape index (κ1) is 18.6. The van der Waals surface area contributed by atoms with Gasteiger partial charge in [0.15, 0.2) is 0 Å². The minimum Gasteiger partial charge on any atom is -0.345 e. The maximum Gasteiger partial charge on any atom is 0.223 e. The molecule has 1 amide bonds. The molecule has 1 aromatic rings. The highest BCUT2D eigenvalue weighted by molar-refractivity contribution is 7.09. The first-order valence-electron chi connectivity index (χ1n) is 9.71. The van der Waals surface area contributed by atoms with Crippen LogP contribution in [-0.4, -0.2) is 52.9 Å². The molecule has 0 aromatic carbocycles. The molecular formula is C18H31N5OS. The van der Waals surface area contributed by atoms with E-state index in [9.17, 15) is 4.79 Å². The van der Waals surface area contributed by atoms with Crippen LogP contribution in [-0.2, 0) is 11.2 Å². The monoisotopic (exact) mass is 365 g/mol. The summed E-state index contributed by atoms with van der Waals surface area (Å²) in [7, 11) is 0. The van der Waals surface area contributed by atoms with Crippen molar-refractivity contribution in [1.29, 1.82) is 0 Å². The molecule has 140 valence electrons. The zero-order chi connectivity index (χ0) is 17.7. The molecule has 2 N–H and O–H groups in total. The summed E-state index contributed by atoms with van der Waals surface area (Å²) in [4.78, 5) is 21.8. The number of rotatable bonds is 5. The Morgan fingerprint density at radius 3 is 2.64 bits per heavy atom. The smallest absolute Gasteiger partial charge is 0.223 e. The van der Waals surface area contributed by atoms with Crippen LogP contribution in [0.25, 0.3) is 0 Å². The quantitative estimate of drug-likeness (QED) is 0.867. The van der Waals surface area contributed by atoms with E-state index in [1.54, 1.807) is 0 Å². The number of aromatic nitrogens is 2. The van der Waals surface area contributed by atoms with Gasteiger partial charge in [0, 0.05) is 50.6 Å². The van der Waals surface area contributed by atoms with Crippen molar-refractivity contribution >= 4 is 22.6 Å². The summed E-state index contributed by atoms with van der Waals surface area (Å²) in [6, 6.07) is 0. The lowest BCUT2D eigenvalue weighted by Gasteiger charge is -2.37. The van der Waals surface area contributed by atoms with E-state index in [-0.39, 0.29) is 5.41 Å². The predicted molar refractivity (Wildman–Crippen MR) is 102 cm³/mol. The third-order valence-electron chi connectivity index (χ3n) is 5.77. The number of nitrogens with two attached hydrogens (primary N) is 1. The molecule has 25 heavy (non-hydrogen) atoms. The third kappa shape index (κ3) is 4.50. The van der Waals surface area contributed by atoms with Crippen molar-refractivity contribution < 1.29 is 4.79 Å². The molecule has 0 spiro atoms. The molecule has 3 rings (SSSR count). The Morgan fingerprint density at radius 2 is 1.96 bits per heavy atom. The van der Waals surface area contributed by atoms with E-state index in [0.29, 0.717) is 18.9 Å². The van der Waals surface area contributed by atoms with Crippen LogP contribution in [0.1, 0.15) is 57.7 Å². The third-order valence-corrected chi connectivity index (χ3v) is 6.58. The first-order valence-corrected chi connectivity index (χ1v) is 10.5. The maximum absolute atomic E-state index is 12.9. The Morgan fingerprint density at radius 1 is 1.16 bits per heavy atom. The van der Waals surface area contributed by atoms with E-state index >= 15 is 0 Å². The minimum atomic E-state index is 0.0522. The van der Waals surface area contributed by atoms with Crippen LogP contribution in [0.2, 0.25) is 0 Å². The number of hydrogen-bond donors (Lipinski definition) is 1. The van der Waals surface area contributed by atoms with Crippen LogP contribution >= 0.6 is 11.5 Å². The molecule has 2 fully saturated rings. The lowest BCUT2D eigenvalue weighted by atomic mass is 9.71. The van der Waals surface area contributed by atoms with Crippen molar-refractivity contribution in [3.05, 3.63) is 5.82 Å². The van der Waals surface area contributed by atoms with Crippen LogP contribution in [0.5, 0.6) is 0 Å². The molecule has 2 aliphatic rings. The molecule has 0 bridgehead atoms. The number of carbonyl (C=O) groups is 1. The zero-order valence-electron chi connectivity index (χ0n) is 15.4. The zero-order valence-corrected chi connectivity index (χ0v) is 16.2. The minimum absolute atomic E-state index is 0.0522. The van der Waals surface area contributed by atoms with Crippen molar-refractivity contribution in [2.45, 2.75) is 58.3 Å². The van der Waals surface area contributed by atoms with Gasteiger partial charge in [0.05, 0.1) is 0 Å². The van der Waals surface area contributed by atoms with Crippen LogP contribution in [0.3, 0.4) is 0 Å². The van der Waals surface area contributed by atoms with Gasteiger partial charge in [-0.1, -0.05) is 26.2 Å². The summed E-state index contributed by atoms with van der Waals surface area (Å²) >= 11 is 1.48. The average molecular weight is 366 g/mol. The van der Waals surface area contributed by atoms with Gasteiger partial charge in [-0.15, -0.1) is 0 Å². The molecule has 1 saturated heterocycles. The summed E-state index contributed by atoms with van der Waals surface area (Å²) in [5.74, 6) is 1.21. The number of aryl methyl sites for hydroxylation is 1. The van der Waals surface area contributed by atoms with E-state index in [1.807, 2.05) is 4.90 Å². The van der Waals surface area contributed by atoms with E-state index < -0.39 is 0 Å². The van der Waals surface area contributed by atoms with Gasteiger partial charge >= 0.3 is 0 Å². The fraction of sp³-hybridized carbons (Fsp3) is 0.833. The molecule has 7 heteroatoms. The summed E-state index contributed by atoms with van der Waals surface area (Å²) in [6.07, 6.45) is 8.43. The fourth-order valence-corrected chi connectivity index (χ4v) is 4.86. The second-order valence-electron chi connectivity index (χ2n) is 7.51. The highest BCUT2D eigenvalue weighted by Gasteiger charge is 2.34. The molecule has 6 nitrogen and oxygen atoms in total. The molecule has 1 aliphatic heterocycles. The van der Waals surface area contributed by atoms with Gasteiger partial charge < -0.3 is 15.5 Å². The molecule has 0 unspecified atom stereocenters. The summed E-state index contributed by atoms with van der Waals surface area (Å²) in [6.45, 7) is 6.14. The van der Waals surface area contributed by atoms with Gasteiger partial charge in [-0.25, -0.2) is 4.98 Å². The van der Waals surface area contributed by atoms with E-state index in [0.717, 1.165) is 62.8 Å². The van der Waals surface area contributed by atoms with Gasteiger partial charge in [-0.05, 0) is 31.2 Å². The van der Waals surface area contributed by atoms with Gasteiger partial charge in [-0.3, -0.25) is 4.79 Å². The van der Waals surface area contributed by atoms with Crippen LogP contribution < -0.4 is 10.6 Å². The van der Waals surface area contributed by atoms with Crippen molar-refractivity contribution in [2.24, 2.45) is 11.1 Å². The topological polar surface area (TPSA) is 75.4 Å². The highest BCUT2D eigenvalue weighted by Crippen LogP contribution is 2.38. The van der Waals surface area contributed by atoms with Crippen LogP contribution in [0.4, 0.5) is 5.13 Å². The van der Waals surface area contributed by atoms with Crippen molar-refractivity contribution in [3.8, 4) is 0 Å². The maximum atomic E-state index is 12.9. The summed E-state index contributed by atoms with van der Waals surface area (Å²) < 4.78 is 4.39. The Labute approximate surface area is 155 Å². The molecule has 1 saturated carbocycles. The molecule has 0 radical (unpaired) electrons. The number of hydrogen-bond acceptors (Lipinski definition) is 6. The second-order valence-corrected chi connectivity index (χ2v) is 8.24. The fourth-order valence-electron chi connectivity index (χ4n) is 4.06. The van der Waals surface area contributed by atoms with Crippen molar-refractivity contribution in [1.82, 2.24) is 14.3 Å². The highest BCUT2D eigenvalue weighted by atomic mass is 32.1. The average Bonchev–Trinajstić information content (AvgIpc) is 2.99. The Bertz CT molecular complexity index is 570. The van der Waals surface area contributed by atoms with Gasteiger partial charge in [-0.2, -0.15) is 4.37 Å².